The third-order valence-electron chi connectivity index (χ3n) is 4.69. The molecule has 3 aromatic rings. The summed E-state index contributed by atoms with van der Waals surface area (Å²) in [5, 5.41) is 16.3. The van der Waals surface area contributed by atoms with E-state index in [0.717, 1.165) is 48.9 Å². The van der Waals surface area contributed by atoms with Crippen molar-refractivity contribution in [3.05, 3.63) is 47.2 Å². The highest BCUT2D eigenvalue weighted by Crippen LogP contribution is 2.24. The molecule has 1 saturated heterocycles. The summed E-state index contributed by atoms with van der Waals surface area (Å²) in [5.74, 6) is 1.68. The zero-order chi connectivity index (χ0) is 18.1. The van der Waals surface area contributed by atoms with Gasteiger partial charge in [0.1, 0.15) is 5.82 Å². The van der Waals surface area contributed by atoms with Gasteiger partial charge in [-0.15, -0.1) is 15.3 Å². The summed E-state index contributed by atoms with van der Waals surface area (Å²) >= 11 is 5.97. The number of piperidine rings is 1. The molecule has 2 aromatic heterocycles. The van der Waals surface area contributed by atoms with E-state index in [2.05, 4.69) is 25.5 Å². The van der Waals surface area contributed by atoms with Gasteiger partial charge in [-0.2, -0.15) is 4.52 Å². The smallest absolute Gasteiger partial charge is 0.227 e. The van der Waals surface area contributed by atoms with Gasteiger partial charge in [0.2, 0.25) is 5.91 Å². The van der Waals surface area contributed by atoms with Crippen molar-refractivity contribution >= 4 is 34.7 Å². The lowest BCUT2D eigenvalue weighted by atomic mass is 9.96. The van der Waals surface area contributed by atoms with Crippen molar-refractivity contribution in [2.24, 2.45) is 5.92 Å². The van der Waals surface area contributed by atoms with Crippen molar-refractivity contribution in [1.29, 1.82) is 0 Å². The van der Waals surface area contributed by atoms with E-state index < -0.39 is 0 Å². The fraction of sp³-hybridized carbons (Fsp3) is 0.333. The third-order valence-corrected chi connectivity index (χ3v) is 4.92. The molecule has 1 aliphatic heterocycles. The summed E-state index contributed by atoms with van der Waals surface area (Å²) in [7, 11) is 0. The second-order valence-electron chi connectivity index (χ2n) is 6.47. The van der Waals surface area contributed by atoms with Gasteiger partial charge in [-0.3, -0.25) is 4.79 Å². The van der Waals surface area contributed by atoms with E-state index in [9.17, 15) is 4.79 Å². The number of amides is 1. The molecule has 134 valence electrons. The number of aromatic nitrogens is 4. The Morgan fingerprint density at radius 1 is 1.19 bits per heavy atom. The molecule has 1 fully saturated rings. The maximum Gasteiger partial charge on any atom is 0.227 e. The molecule has 1 aromatic carbocycles. The molecule has 0 unspecified atom stereocenters. The average Bonchev–Trinajstić information content (AvgIpc) is 3.02. The number of rotatable bonds is 3. The SMILES string of the molecule is Cc1nnc2ccc(N3CCC(C(=O)Nc4cccc(Cl)c4)CC3)nn12. The van der Waals surface area contributed by atoms with E-state index in [1.165, 1.54) is 0 Å². The molecule has 0 spiro atoms. The maximum atomic E-state index is 12.5. The minimum Gasteiger partial charge on any atom is -0.355 e. The third kappa shape index (κ3) is 3.35. The van der Waals surface area contributed by atoms with Gasteiger partial charge in [0.15, 0.2) is 11.5 Å². The fourth-order valence-electron chi connectivity index (χ4n) is 3.24. The predicted molar refractivity (Wildman–Crippen MR) is 101 cm³/mol. The first kappa shape index (κ1) is 16.8. The second kappa shape index (κ2) is 6.92. The quantitative estimate of drug-likeness (QED) is 0.767. The lowest BCUT2D eigenvalue weighted by Gasteiger charge is -2.32. The van der Waals surface area contributed by atoms with Crippen molar-refractivity contribution in [1.82, 2.24) is 19.8 Å². The molecule has 0 saturated carbocycles. The number of fused-ring (bicyclic) bond motifs is 1. The number of halogens is 1. The Labute approximate surface area is 156 Å². The van der Waals surface area contributed by atoms with E-state index in [1.807, 2.05) is 31.2 Å². The summed E-state index contributed by atoms with van der Waals surface area (Å²) in [6.07, 6.45) is 1.57. The summed E-state index contributed by atoms with van der Waals surface area (Å²) in [4.78, 5) is 14.7. The minimum atomic E-state index is -0.00869. The molecule has 1 aliphatic rings. The van der Waals surface area contributed by atoms with Crippen LogP contribution in [0.5, 0.6) is 0 Å². The molecule has 0 aliphatic carbocycles. The number of carbonyl (C=O) groups excluding carboxylic acids is 1. The van der Waals surface area contributed by atoms with E-state index >= 15 is 0 Å². The molecule has 3 heterocycles. The van der Waals surface area contributed by atoms with Crippen LogP contribution in [-0.4, -0.2) is 38.8 Å². The van der Waals surface area contributed by atoms with Crippen LogP contribution in [0.2, 0.25) is 5.02 Å². The van der Waals surface area contributed by atoms with Crippen molar-refractivity contribution < 1.29 is 4.79 Å². The van der Waals surface area contributed by atoms with Gasteiger partial charge >= 0.3 is 0 Å². The van der Waals surface area contributed by atoms with Crippen LogP contribution in [-0.2, 0) is 4.79 Å². The lowest BCUT2D eigenvalue weighted by Crippen LogP contribution is -2.38. The molecule has 4 rings (SSSR count). The van der Waals surface area contributed by atoms with E-state index in [0.29, 0.717) is 5.02 Å². The topological polar surface area (TPSA) is 75.4 Å². The van der Waals surface area contributed by atoms with Crippen LogP contribution in [0.15, 0.2) is 36.4 Å². The Balaban J connectivity index is 1.40. The van der Waals surface area contributed by atoms with Gasteiger partial charge in [-0.25, -0.2) is 0 Å². The zero-order valence-corrected chi connectivity index (χ0v) is 15.1. The molecule has 0 atom stereocenters. The highest BCUT2D eigenvalue weighted by atomic mass is 35.5. The Morgan fingerprint density at radius 2 is 2.00 bits per heavy atom. The number of hydrogen-bond acceptors (Lipinski definition) is 5. The number of nitrogens with one attached hydrogen (secondary N) is 1. The first-order chi connectivity index (χ1) is 12.6. The summed E-state index contributed by atoms with van der Waals surface area (Å²) in [6, 6.07) is 11.1. The van der Waals surface area contributed by atoms with Gasteiger partial charge in [-0.05, 0) is 50.1 Å². The molecular weight excluding hydrogens is 352 g/mol. The van der Waals surface area contributed by atoms with Gasteiger partial charge in [-0.1, -0.05) is 17.7 Å². The lowest BCUT2D eigenvalue weighted by molar-refractivity contribution is -0.120. The first-order valence-electron chi connectivity index (χ1n) is 8.60. The number of carbonyl (C=O) groups is 1. The van der Waals surface area contributed by atoms with Gasteiger partial charge in [0.05, 0.1) is 0 Å². The molecule has 1 amide bonds. The molecule has 0 radical (unpaired) electrons. The molecule has 7 nitrogen and oxygen atoms in total. The Hall–Kier alpha value is -2.67. The largest absolute Gasteiger partial charge is 0.355 e. The standard InChI is InChI=1S/C18H19ClN6O/c1-12-21-22-16-5-6-17(23-25(12)16)24-9-7-13(8-10-24)18(26)20-15-4-2-3-14(19)11-15/h2-6,11,13H,7-10H2,1H3,(H,20,26). The van der Waals surface area contributed by atoms with E-state index in [1.54, 1.807) is 16.6 Å². The van der Waals surface area contributed by atoms with Gasteiger partial charge < -0.3 is 10.2 Å². The Kier molecular flexibility index (Phi) is 4.46. The van der Waals surface area contributed by atoms with Crippen LogP contribution in [0, 0.1) is 12.8 Å². The molecule has 1 N–H and O–H groups in total. The number of nitrogens with zero attached hydrogens (tertiary/aromatic N) is 5. The van der Waals surface area contributed by atoms with E-state index in [4.69, 9.17) is 11.6 Å². The van der Waals surface area contributed by atoms with Crippen LogP contribution in [0.3, 0.4) is 0 Å². The van der Waals surface area contributed by atoms with Crippen LogP contribution >= 0.6 is 11.6 Å². The molecule has 26 heavy (non-hydrogen) atoms. The highest BCUT2D eigenvalue weighted by molar-refractivity contribution is 6.30. The van der Waals surface area contributed by atoms with Crippen LogP contribution in [0.25, 0.3) is 5.65 Å². The maximum absolute atomic E-state index is 12.5. The number of hydrogen-bond donors (Lipinski definition) is 1. The molecule has 0 bridgehead atoms. The number of benzene rings is 1. The van der Waals surface area contributed by atoms with Crippen molar-refractivity contribution in [3.8, 4) is 0 Å². The van der Waals surface area contributed by atoms with Gasteiger partial charge in [0, 0.05) is 29.7 Å². The van der Waals surface area contributed by atoms with E-state index in [-0.39, 0.29) is 11.8 Å². The van der Waals surface area contributed by atoms with Crippen LogP contribution in [0.4, 0.5) is 11.5 Å². The minimum absolute atomic E-state index is 0.00869. The fourth-order valence-corrected chi connectivity index (χ4v) is 3.43. The Morgan fingerprint density at radius 3 is 2.77 bits per heavy atom. The average molecular weight is 371 g/mol. The second-order valence-corrected chi connectivity index (χ2v) is 6.91. The van der Waals surface area contributed by atoms with Crippen molar-refractivity contribution in [3.63, 3.8) is 0 Å². The number of aryl methyl sites for hydroxylation is 1. The van der Waals surface area contributed by atoms with Crippen LogP contribution < -0.4 is 10.2 Å². The highest BCUT2D eigenvalue weighted by Gasteiger charge is 2.26. The number of anilines is 2. The molecular formula is C18H19ClN6O. The van der Waals surface area contributed by atoms with Crippen molar-refractivity contribution in [2.75, 3.05) is 23.3 Å². The predicted octanol–water partition coefficient (Wildman–Crippen LogP) is 2.94. The Bertz CT molecular complexity index is 948. The van der Waals surface area contributed by atoms with Crippen molar-refractivity contribution in [2.45, 2.75) is 19.8 Å². The van der Waals surface area contributed by atoms with Crippen LogP contribution in [0.1, 0.15) is 18.7 Å². The normalized spacial score (nSPS) is 15.4. The monoisotopic (exact) mass is 370 g/mol. The summed E-state index contributed by atoms with van der Waals surface area (Å²) < 4.78 is 1.74. The first-order valence-corrected chi connectivity index (χ1v) is 8.98. The van der Waals surface area contributed by atoms with Gasteiger partial charge in [0.25, 0.3) is 0 Å². The zero-order valence-electron chi connectivity index (χ0n) is 14.4. The molecule has 8 heteroatoms. The summed E-state index contributed by atoms with van der Waals surface area (Å²) in [5.41, 5.74) is 1.47. The summed E-state index contributed by atoms with van der Waals surface area (Å²) in [6.45, 7) is 3.45.